The Labute approximate surface area is 131 Å². The molecule has 1 aromatic carbocycles. The molecular weight excluding hydrogens is 282 g/mol. The normalized spacial score (nSPS) is 22.7. The molecule has 4 nitrogen and oxygen atoms in total. The van der Waals surface area contributed by atoms with Crippen molar-refractivity contribution < 1.29 is 4.74 Å². The van der Waals surface area contributed by atoms with Crippen molar-refractivity contribution in [1.82, 2.24) is 4.90 Å². The maximum absolute atomic E-state index is 5.90. The predicted molar refractivity (Wildman–Crippen MR) is 90.3 cm³/mol. The quantitative estimate of drug-likeness (QED) is 0.865. The van der Waals surface area contributed by atoms with Gasteiger partial charge in [-0.3, -0.25) is 4.90 Å². The Balaban J connectivity index is 1.86. The van der Waals surface area contributed by atoms with Crippen LogP contribution in [-0.4, -0.2) is 49.2 Å². The third-order valence-corrected chi connectivity index (χ3v) is 4.87. The van der Waals surface area contributed by atoms with Crippen LogP contribution in [0.2, 0.25) is 0 Å². The summed E-state index contributed by atoms with van der Waals surface area (Å²) in [6.07, 6.45) is 3.98. The van der Waals surface area contributed by atoms with E-state index in [1.54, 1.807) is 7.11 Å². The number of nitrogens with zero attached hydrogens (tertiary/aromatic N) is 2. The summed E-state index contributed by atoms with van der Waals surface area (Å²) in [6.45, 7) is 4.46. The number of thiocarbonyl (C=S) groups is 1. The number of piperidine rings is 1. The first-order valence-electron chi connectivity index (χ1n) is 7.66. The van der Waals surface area contributed by atoms with Gasteiger partial charge >= 0.3 is 0 Å². The molecule has 0 aromatic heterocycles. The summed E-state index contributed by atoms with van der Waals surface area (Å²) in [5.41, 5.74) is 7.97. The van der Waals surface area contributed by atoms with E-state index in [0.717, 1.165) is 36.6 Å². The number of fused-ring (bicyclic) bond motifs is 1. The lowest BCUT2D eigenvalue weighted by Gasteiger charge is -2.45. The van der Waals surface area contributed by atoms with Crippen molar-refractivity contribution in [3.63, 3.8) is 0 Å². The van der Waals surface area contributed by atoms with Crippen molar-refractivity contribution in [2.24, 2.45) is 5.73 Å². The third-order valence-electron chi connectivity index (χ3n) is 4.65. The van der Waals surface area contributed by atoms with Crippen LogP contribution < -0.4 is 15.4 Å². The monoisotopic (exact) mass is 305 g/mol. The predicted octanol–water partition coefficient (Wildman–Crippen LogP) is 2.00. The Morgan fingerprint density at radius 3 is 2.90 bits per heavy atom. The molecule has 2 saturated heterocycles. The molecule has 2 fully saturated rings. The van der Waals surface area contributed by atoms with Gasteiger partial charge in [0.1, 0.15) is 10.7 Å². The molecule has 2 aliphatic heterocycles. The highest BCUT2D eigenvalue weighted by molar-refractivity contribution is 7.80. The molecule has 21 heavy (non-hydrogen) atoms. The van der Waals surface area contributed by atoms with Crippen molar-refractivity contribution in [2.45, 2.75) is 25.3 Å². The minimum atomic E-state index is 0.457. The van der Waals surface area contributed by atoms with Gasteiger partial charge in [0.2, 0.25) is 0 Å². The molecule has 2 heterocycles. The molecular formula is C16H23N3OS. The molecule has 2 N–H and O–H groups in total. The van der Waals surface area contributed by atoms with E-state index in [-0.39, 0.29) is 0 Å². The van der Waals surface area contributed by atoms with Gasteiger partial charge in [0, 0.05) is 37.3 Å². The van der Waals surface area contributed by atoms with Gasteiger partial charge in [0.05, 0.1) is 12.8 Å². The van der Waals surface area contributed by atoms with E-state index in [1.807, 2.05) is 12.1 Å². The first-order chi connectivity index (χ1) is 10.2. The molecule has 0 amide bonds. The molecule has 2 aliphatic rings. The van der Waals surface area contributed by atoms with Crippen molar-refractivity contribution in [1.29, 1.82) is 0 Å². The number of nitrogens with two attached hydrogens (primary N) is 1. The molecule has 114 valence electrons. The van der Waals surface area contributed by atoms with E-state index in [9.17, 15) is 0 Å². The number of anilines is 1. The molecule has 0 bridgehead atoms. The highest BCUT2D eigenvalue weighted by Gasteiger charge is 2.30. The van der Waals surface area contributed by atoms with Crippen molar-refractivity contribution in [3.05, 3.63) is 23.8 Å². The minimum Gasteiger partial charge on any atom is -0.497 e. The maximum Gasteiger partial charge on any atom is 0.120 e. The lowest BCUT2D eigenvalue weighted by Crippen LogP contribution is -2.55. The van der Waals surface area contributed by atoms with E-state index in [4.69, 9.17) is 22.7 Å². The topological polar surface area (TPSA) is 41.7 Å². The fraction of sp³-hybridized carbons (Fsp3) is 0.562. The number of hydrogen-bond donors (Lipinski definition) is 1. The van der Waals surface area contributed by atoms with E-state index in [0.29, 0.717) is 11.0 Å². The largest absolute Gasteiger partial charge is 0.497 e. The lowest BCUT2D eigenvalue weighted by atomic mass is 9.98. The van der Waals surface area contributed by atoms with Gasteiger partial charge in [0.15, 0.2) is 0 Å². The van der Waals surface area contributed by atoms with Gasteiger partial charge in [-0.25, -0.2) is 0 Å². The van der Waals surface area contributed by atoms with Crippen LogP contribution in [0.3, 0.4) is 0 Å². The first kappa shape index (κ1) is 14.6. The van der Waals surface area contributed by atoms with Gasteiger partial charge in [0.25, 0.3) is 0 Å². The maximum atomic E-state index is 5.90. The van der Waals surface area contributed by atoms with Gasteiger partial charge in [-0.15, -0.1) is 0 Å². The molecule has 1 aromatic rings. The molecule has 3 rings (SSSR count). The highest BCUT2D eigenvalue weighted by Crippen LogP contribution is 2.30. The van der Waals surface area contributed by atoms with Crippen molar-refractivity contribution in [2.75, 3.05) is 38.2 Å². The summed E-state index contributed by atoms with van der Waals surface area (Å²) in [6, 6.07) is 6.63. The summed E-state index contributed by atoms with van der Waals surface area (Å²) in [5, 5.41) is 0. The second kappa shape index (κ2) is 6.20. The minimum absolute atomic E-state index is 0.457. The molecule has 0 spiro atoms. The van der Waals surface area contributed by atoms with Gasteiger partial charge in [-0.05, 0) is 31.5 Å². The number of piperazine rings is 1. The Hall–Kier alpha value is -1.33. The number of rotatable bonds is 3. The summed E-state index contributed by atoms with van der Waals surface area (Å²) >= 11 is 5.21. The average molecular weight is 305 g/mol. The van der Waals surface area contributed by atoms with E-state index in [1.165, 1.54) is 25.8 Å². The fourth-order valence-corrected chi connectivity index (χ4v) is 3.66. The van der Waals surface area contributed by atoms with Crippen LogP contribution in [0.5, 0.6) is 5.75 Å². The summed E-state index contributed by atoms with van der Waals surface area (Å²) in [5.74, 6) is 0.857. The zero-order chi connectivity index (χ0) is 14.8. The number of methoxy groups -OCH3 is 1. The smallest absolute Gasteiger partial charge is 0.120 e. The average Bonchev–Trinajstić information content (AvgIpc) is 2.53. The first-order valence-corrected chi connectivity index (χ1v) is 8.06. The zero-order valence-electron chi connectivity index (χ0n) is 12.5. The Bertz CT molecular complexity index is 534. The zero-order valence-corrected chi connectivity index (χ0v) is 13.4. The Kier molecular flexibility index (Phi) is 4.31. The lowest BCUT2D eigenvalue weighted by molar-refractivity contribution is 0.133. The van der Waals surface area contributed by atoms with Gasteiger partial charge < -0.3 is 15.4 Å². The van der Waals surface area contributed by atoms with Crippen molar-refractivity contribution >= 4 is 22.9 Å². The Morgan fingerprint density at radius 1 is 1.29 bits per heavy atom. The molecule has 0 aliphatic carbocycles. The summed E-state index contributed by atoms with van der Waals surface area (Å²) in [4.78, 5) is 5.50. The molecule has 0 saturated carbocycles. The molecule has 1 atom stereocenters. The van der Waals surface area contributed by atoms with Gasteiger partial charge in [-0.1, -0.05) is 18.6 Å². The van der Waals surface area contributed by atoms with Crippen LogP contribution in [0.1, 0.15) is 24.8 Å². The van der Waals surface area contributed by atoms with Crippen LogP contribution >= 0.6 is 12.2 Å². The standard InChI is InChI=1S/C16H23N3OS/c1-20-13-5-6-14(16(17)21)15(10-13)19-9-8-18-7-3-2-4-12(18)11-19/h5-6,10,12H,2-4,7-9,11H2,1H3,(H2,17,21). The van der Waals surface area contributed by atoms with Crippen molar-refractivity contribution in [3.8, 4) is 5.75 Å². The van der Waals surface area contributed by atoms with E-state index in [2.05, 4.69) is 15.9 Å². The van der Waals surface area contributed by atoms with Crippen LogP contribution in [0, 0.1) is 0 Å². The summed E-state index contributed by atoms with van der Waals surface area (Å²) < 4.78 is 5.37. The van der Waals surface area contributed by atoms with Crippen LogP contribution in [-0.2, 0) is 0 Å². The van der Waals surface area contributed by atoms with E-state index < -0.39 is 0 Å². The number of ether oxygens (including phenoxy) is 1. The molecule has 1 unspecified atom stereocenters. The van der Waals surface area contributed by atoms with Crippen LogP contribution in [0.25, 0.3) is 0 Å². The number of hydrogen-bond acceptors (Lipinski definition) is 4. The Morgan fingerprint density at radius 2 is 2.14 bits per heavy atom. The second-order valence-electron chi connectivity index (χ2n) is 5.88. The van der Waals surface area contributed by atoms with Gasteiger partial charge in [-0.2, -0.15) is 0 Å². The van der Waals surface area contributed by atoms with Crippen LogP contribution in [0.15, 0.2) is 18.2 Å². The van der Waals surface area contributed by atoms with Crippen LogP contribution in [0.4, 0.5) is 5.69 Å². The summed E-state index contributed by atoms with van der Waals surface area (Å²) in [7, 11) is 1.69. The second-order valence-corrected chi connectivity index (χ2v) is 6.32. The molecule has 0 radical (unpaired) electrons. The van der Waals surface area contributed by atoms with E-state index >= 15 is 0 Å². The molecule has 5 heteroatoms. The number of benzene rings is 1. The third kappa shape index (κ3) is 2.99. The highest BCUT2D eigenvalue weighted by atomic mass is 32.1. The fourth-order valence-electron chi connectivity index (χ4n) is 3.48. The SMILES string of the molecule is COc1ccc(C(N)=S)c(N2CCN3CCCCC3C2)c1.